The van der Waals surface area contributed by atoms with Crippen molar-refractivity contribution in [3.63, 3.8) is 0 Å². The standard InChI is InChI=1S/C18H27NO3/c1-21-17-6-3-2-5-15(17)16(20)13-19-14-7-10-18(11-8-14)9-4-12-22-18/h2-3,5-6,14,16,19-20H,4,7-13H2,1H3. The molecule has 2 N–H and O–H groups in total. The third-order valence-electron chi connectivity index (χ3n) is 5.18. The van der Waals surface area contributed by atoms with Crippen molar-refractivity contribution < 1.29 is 14.6 Å². The molecule has 22 heavy (non-hydrogen) atoms. The van der Waals surface area contributed by atoms with E-state index in [9.17, 15) is 5.11 Å². The van der Waals surface area contributed by atoms with Gasteiger partial charge in [-0.05, 0) is 44.6 Å². The van der Waals surface area contributed by atoms with Crippen molar-refractivity contribution >= 4 is 0 Å². The molecule has 1 heterocycles. The Labute approximate surface area is 132 Å². The second-order valence-electron chi connectivity index (χ2n) is 6.58. The SMILES string of the molecule is COc1ccccc1C(O)CNC1CCC2(CCCO2)CC1. The fourth-order valence-corrected chi connectivity index (χ4v) is 3.83. The van der Waals surface area contributed by atoms with E-state index >= 15 is 0 Å². The highest BCUT2D eigenvalue weighted by molar-refractivity contribution is 5.35. The molecule has 4 heteroatoms. The minimum Gasteiger partial charge on any atom is -0.496 e. The molecule has 2 fully saturated rings. The number of aliphatic hydroxyl groups is 1. The molecule has 0 aromatic heterocycles. The molecule has 0 amide bonds. The Morgan fingerprint density at radius 2 is 2.09 bits per heavy atom. The molecule has 122 valence electrons. The number of rotatable bonds is 5. The zero-order chi connectivity index (χ0) is 15.4. The largest absolute Gasteiger partial charge is 0.496 e. The Kier molecular flexibility index (Phi) is 5.01. The van der Waals surface area contributed by atoms with Gasteiger partial charge >= 0.3 is 0 Å². The van der Waals surface area contributed by atoms with Crippen LogP contribution < -0.4 is 10.1 Å². The number of para-hydroxylation sites is 1. The lowest BCUT2D eigenvalue weighted by Gasteiger charge is -2.37. The van der Waals surface area contributed by atoms with E-state index in [1.165, 1.54) is 12.8 Å². The zero-order valence-corrected chi connectivity index (χ0v) is 13.4. The van der Waals surface area contributed by atoms with Crippen molar-refractivity contribution in [2.24, 2.45) is 0 Å². The molecule has 3 rings (SSSR count). The second kappa shape index (κ2) is 6.99. The first-order valence-corrected chi connectivity index (χ1v) is 8.41. The molecule has 4 nitrogen and oxygen atoms in total. The second-order valence-corrected chi connectivity index (χ2v) is 6.58. The van der Waals surface area contributed by atoms with E-state index in [4.69, 9.17) is 9.47 Å². The van der Waals surface area contributed by atoms with Crippen LogP contribution in [-0.2, 0) is 4.74 Å². The number of benzene rings is 1. The van der Waals surface area contributed by atoms with Crippen LogP contribution in [0.5, 0.6) is 5.75 Å². The number of hydrogen-bond acceptors (Lipinski definition) is 4. The zero-order valence-electron chi connectivity index (χ0n) is 13.4. The molecule has 0 bridgehead atoms. The Morgan fingerprint density at radius 3 is 2.77 bits per heavy atom. The summed E-state index contributed by atoms with van der Waals surface area (Å²) in [5, 5.41) is 13.9. The van der Waals surface area contributed by atoms with Crippen molar-refractivity contribution in [1.82, 2.24) is 5.32 Å². The average Bonchev–Trinajstić information content (AvgIpc) is 3.02. The van der Waals surface area contributed by atoms with Gasteiger partial charge in [-0.25, -0.2) is 0 Å². The van der Waals surface area contributed by atoms with Crippen LogP contribution in [0.25, 0.3) is 0 Å². The lowest BCUT2D eigenvalue weighted by molar-refractivity contribution is -0.0307. The molecule has 2 aliphatic rings. The van der Waals surface area contributed by atoms with Crippen molar-refractivity contribution in [2.75, 3.05) is 20.3 Å². The Bertz CT molecular complexity index is 475. The van der Waals surface area contributed by atoms with Gasteiger partial charge in [0, 0.05) is 24.8 Å². The molecular formula is C18H27NO3. The lowest BCUT2D eigenvalue weighted by atomic mass is 9.80. The van der Waals surface area contributed by atoms with E-state index in [0.717, 1.165) is 43.6 Å². The Balaban J connectivity index is 1.48. The van der Waals surface area contributed by atoms with E-state index < -0.39 is 6.10 Å². The van der Waals surface area contributed by atoms with Crippen molar-refractivity contribution in [2.45, 2.75) is 56.3 Å². The Hall–Kier alpha value is -1.10. The molecule has 1 saturated heterocycles. The molecule has 1 aromatic carbocycles. The summed E-state index contributed by atoms with van der Waals surface area (Å²) >= 11 is 0. The maximum Gasteiger partial charge on any atom is 0.124 e. The van der Waals surface area contributed by atoms with Gasteiger partial charge in [0.25, 0.3) is 0 Å². The van der Waals surface area contributed by atoms with Crippen LogP contribution in [0.3, 0.4) is 0 Å². The third-order valence-corrected chi connectivity index (χ3v) is 5.18. The van der Waals surface area contributed by atoms with Gasteiger partial charge in [-0.15, -0.1) is 0 Å². The molecule has 1 atom stereocenters. The first kappa shape index (κ1) is 15.8. The highest BCUT2D eigenvalue weighted by Crippen LogP contribution is 2.39. The average molecular weight is 305 g/mol. The maximum absolute atomic E-state index is 10.4. The van der Waals surface area contributed by atoms with Crippen LogP contribution >= 0.6 is 0 Å². The number of hydrogen-bond donors (Lipinski definition) is 2. The van der Waals surface area contributed by atoms with E-state index in [1.54, 1.807) is 7.11 Å². The monoisotopic (exact) mass is 305 g/mol. The van der Waals surface area contributed by atoms with E-state index in [0.29, 0.717) is 12.6 Å². The summed E-state index contributed by atoms with van der Waals surface area (Å²) in [7, 11) is 1.64. The molecule has 1 aliphatic carbocycles. The van der Waals surface area contributed by atoms with Gasteiger partial charge in [0.15, 0.2) is 0 Å². The third kappa shape index (κ3) is 3.45. The molecule has 1 aromatic rings. The van der Waals surface area contributed by atoms with Crippen molar-refractivity contribution in [3.05, 3.63) is 29.8 Å². The first-order valence-electron chi connectivity index (χ1n) is 8.41. The maximum atomic E-state index is 10.4. The summed E-state index contributed by atoms with van der Waals surface area (Å²) < 4.78 is 11.3. The van der Waals surface area contributed by atoms with Crippen LogP contribution in [-0.4, -0.2) is 37.0 Å². The highest BCUT2D eigenvalue weighted by Gasteiger charge is 2.38. The molecule has 1 aliphatic heterocycles. The number of methoxy groups -OCH3 is 1. The molecule has 1 unspecified atom stereocenters. The van der Waals surface area contributed by atoms with E-state index in [2.05, 4.69) is 5.32 Å². The molecule has 1 spiro atoms. The van der Waals surface area contributed by atoms with Crippen LogP contribution in [0.1, 0.15) is 50.2 Å². The fourth-order valence-electron chi connectivity index (χ4n) is 3.83. The minimum absolute atomic E-state index is 0.180. The van der Waals surface area contributed by atoms with Gasteiger partial charge in [-0.3, -0.25) is 0 Å². The van der Waals surface area contributed by atoms with Crippen LogP contribution in [0.2, 0.25) is 0 Å². The number of aliphatic hydroxyl groups excluding tert-OH is 1. The summed E-state index contributed by atoms with van der Waals surface area (Å²) in [4.78, 5) is 0. The normalized spacial score (nSPS) is 29.6. The summed E-state index contributed by atoms with van der Waals surface area (Å²) in [6.45, 7) is 1.50. The van der Waals surface area contributed by atoms with Crippen LogP contribution in [0, 0.1) is 0 Å². The quantitative estimate of drug-likeness (QED) is 0.878. The lowest BCUT2D eigenvalue weighted by Crippen LogP contribution is -2.42. The molecular weight excluding hydrogens is 278 g/mol. The summed E-state index contributed by atoms with van der Waals surface area (Å²) in [5.74, 6) is 0.749. The fraction of sp³-hybridized carbons (Fsp3) is 0.667. The van der Waals surface area contributed by atoms with Gasteiger partial charge in [0.1, 0.15) is 5.75 Å². The molecule has 0 radical (unpaired) electrons. The first-order chi connectivity index (χ1) is 10.7. The van der Waals surface area contributed by atoms with Gasteiger partial charge in [-0.1, -0.05) is 18.2 Å². The molecule has 1 saturated carbocycles. The summed E-state index contributed by atoms with van der Waals surface area (Å²) in [6.07, 6.45) is 6.48. The predicted octanol–water partition coefficient (Wildman–Crippen LogP) is 2.81. The van der Waals surface area contributed by atoms with Gasteiger partial charge in [-0.2, -0.15) is 0 Å². The van der Waals surface area contributed by atoms with Crippen molar-refractivity contribution in [1.29, 1.82) is 0 Å². The van der Waals surface area contributed by atoms with E-state index in [-0.39, 0.29) is 5.60 Å². The number of ether oxygens (including phenoxy) is 2. The van der Waals surface area contributed by atoms with Gasteiger partial charge in [0.2, 0.25) is 0 Å². The topological polar surface area (TPSA) is 50.7 Å². The van der Waals surface area contributed by atoms with Gasteiger partial charge < -0.3 is 19.9 Å². The number of nitrogens with one attached hydrogen (secondary N) is 1. The van der Waals surface area contributed by atoms with Gasteiger partial charge in [0.05, 0.1) is 18.8 Å². The summed E-state index contributed by atoms with van der Waals surface area (Å²) in [6, 6.07) is 8.15. The predicted molar refractivity (Wildman–Crippen MR) is 86.1 cm³/mol. The van der Waals surface area contributed by atoms with Crippen LogP contribution in [0.4, 0.5) is 0 Å². The Morgan fingerprint density at radius 1 is 1.32 bits per heavy atom. The summed E-state index contributed by atoms with van der Waals surface area (Å²) in [5.41, 5.74) is 1.03. The minimum atomic E-state index is -0.533. The smallest absolute Gasteiger partial charge is 0.124 e. The van der Waals surface area contributed by atoms with E-state index in [1.807, 2.05) is 24.3 Å². The highest BCUT2D eigenvalue weighted by atomic mass is 16.5. The van der Waals surface area contributed by atoms with Crippen LogP contribution in [0.15, 0.2) is 24.3 Å². The van der Waals surface area contributed by atoms with Crippen molar-refractivity contribution in [3.8, 4) is 5.75 Å².